The number of fused-ring (bicyclic) bond motifs is 1. The van der Waals surface area contributed by atoms with Crippen molar-refractivity contribution in [2.24, 2.45) is 0 Å². The standard InChI is InChI=1S/C20H13B5ClN5O3/c21-19(22,23)31-7-15(34-20(24,25)32)13(30-31)8-33-14-5-4-12(10-2-1-3-11(26)6-10)17-16(14)18(27)29-9-28-17/h1-7,9,32H,8H2,(H2,27,28,29). The summed E-state index contributed by atoms with van der Waals surface area (Å²) in [6.07, 6.45) is 2.58. The molecule has 2 aromatic carbocycles. The molecule has 4 aromatic rings. The molecule has 158 valence electrons. The summed E-state index contributed by atoms with van der Waals surface area (Å²) in [6.45, 7) is -0.186. The summed E-state index contributed by atoms with van der Waals surface area (Å²) < 4.78 is 12.1. The first-order valence-corrected chi connectivity index (χ1v) is 10.2. The van der Waals surface area contributed by atoms with Crippen LogP contribution in [0.4, 0.5) is 5.82 Å². The third-order valence-electron chi connectivity index (χ3n) is 4.70. The number of halogens is 1. The highest BCUT2D eigenvalue weighted by Gasteiger charge is 2.23. The molecule has 2 heterocycles. The second-order valence-corrected chi connectivity index (χ2v) is 7.96. The molecule has 14 heteroatoms. The maximum absolute atomic E-state index is 9.65. The molecule has 8 nitrogen and oxygen atoms in total. The Morgan fingerprint density at radius 1 is 1.06 bits per heavy atom. The smallest absolute Gasteiger partial charge is 0.165 e. The normalized spacial score (nSPS) is 12.1. The van der Waals surface area contributed by atoms with Gasteiger partial charge >= 0.3 is 0 Å². The van der Waals surface area contributed by atoms with Crippen molar-refractivity contribution in [3.05, 3.63) is 59.6 Å². The fourth-order valence-corrected chi connectivity index (χ4v) is 3.47. The van der Waals surface area contributed by atoms with Crippen molar-refractivity contribution in [1.29, 1.82) is 0 Å². The number of nitrogens with two attached hydrogens (primary N) is 1. The number of hydrogen-bond acceptors (Lipinski definition) is 7. The number of nitrogens with zero attached hydrogens (tertiary/aromatic N) is 4. The van der Waals surface area contributed by atoms with E-state index >= 15 is 0 Å². The van der Waals surface area contributed by atoms with Gasteiger partial charge in [0.2, 0.25) is 0 Å². The van der Waals surface area contributed by atoms with Crippen molar-refractivity contribution in [3.8, 4) is 22.6 Å². The van der Waals surface area contributed by atoms with Crippen LogP contribution >= 0.6 is 11.6 Å². The molecule has 2 aromatic heterocycles. The summed E-state index contributed by atoms with van der Waals surface area (Å²) in [5.74, 6) is 0.506. The molecule has 10 radical (unpaired) electrons. The monoisotopic (exact) mass is 461 g/mol. The summed E-state index contributed by atoms with van der Waals surface area (Å²) in [5, 5.41) is 13.0. The average molecular weight is 461 g/mol. The van der Waals surface area contributed by atoms with Gasteiger partial charge in [-0.25, -0.2) is 9.97 Å². The molecule has 0 fully saturated rings. The predicted molar refractivity (Wildman–Crippen MR) is 133 cm³/mol. The maximum atomic E-state index is 9.65. The fourth-order valence-electron chi connectivity index (χ4n) is 3.28. The zero-order chi connectivity index (χ0) is 24.7. The van der Waals surface area contributed by atoms with Gasteiger partial charge in [-0.2, -0.15) is 5.10 Å². The van der Waals surface area contributed by atoms with E-state index in [1.165, 1.54) is 12.5 Å². The van der Waals surface area contributed by atoms with E-state index in [4.69, 9.17) is 66.0 Å². The number of nitrogen functional groups attached to an aromatic ring is 1. The van der Waals surface area contributed by atoms with Crippen molar-refractivity contribution >= 4 is 67.6 Å². The predicted octanol–water partition coefficient (Wildman–Crippen LogP) is 0.701. The molecule has 3 N–H and O–H groups in total. The number of aromatic nitrogens is 4. The topological polar surface area (TPSA) is 108 Å². The van der Waals surface area contributed by atoms with Gasteiger partial charge in [0.05, 0.1) is 40.6 Å². The number of hydrogen-bond donors (Lipinski definition) is 2. The highest BCUT2D eigenvalue weighted by Crippen LogP contribution is 2.37. The highest BCUT2D eigenvalue weighted by molar-refractivity contribution is 6.56. The fraction of sp³-hybridized carbons (Fsp3) is 0.150. The van der Waals surface area contributed by atoms with Crippen LogP contribution < -0.4 is 15.2 Å². The van der Waals surface area contributed by atoms with Crippen LogP contribution in [0.25, 0.3) is 22.0 Å². The van der Waals surface area contributed by atoms with E-state index in [1.807, 2.05) is 24.3 Å². The van der Waals surface area contributed by atoms with Crippen LogP contribution in [0.3, 0.4) is 0 Å². The second kappa shape index (κ2) is 8.96. The quantitative estimate of drug-likeness (QED) is 0.309. The Hall–Kier alpha value is -3.04. The number of benzene rings is 2. The molecule has 0 atom stereocenters. The summed E-state index contributed by atoms with van der Waals surface area (Å²) >= 11 is 6.16. The lowest BCUT2D eigenvalue weighted by atomic mass is 9.49. The molecule has 0 bridgehead atoms. The molecule has 0 saturated carbocycles. The first kappa shape index (κ1) is 24.1. The second-order valence-electron chi connectivity index (χ2n) is 7.52. The molecule has 0 saturated heterocycles. The maximum Gasteiger partial charge on any atom is 0.165 e. The molecule has 4 rings (SSSR count). The van der Waals surface area contributed by atoms with Gasteiger partial charge in [0.15, 0.2) is 21.4 Å². The highest BCUT2D eigenvalue weighted by atomic mass is 35.5. The SMILES string of the molecule is [B]C([B])(O)Oc1cn(C([B])([B])[B])nc1COc1ccc(-c2cccc(Cl)c2)c2ncnc(N)c12. The minimum atomic E-state index is -2.49. The molecule has 34 heavy (non-hydrogen) atoms. The molecule has 0 unspecified atom stereocenters. The molecule has 0 amide bonds. The third kappa shape index (κ3) is 5.21. The van der Waals surface area contributed by atoms with E-state index in [-0.39, 0.29) is 23.9 Å². The minimum Gasteiger partial charge on any atom is -0.486 e. The Labute approximate surface area is 207 Å². The lowest BCUT2D eigenvalue weighted by molar-refractivity contribution is 0.0113. The van der Waals surface area contributed by atoms with Crippen molar-refractivity contribution < 1.29 is 14.6 Å². The van der Waals surface area contributed by atoms with Gasteiger partial charge in [-0.3, -0.25) is 4.68 Å². The van der Waals surface area contributed by atoms with Gasteiger partial charge in [0.1, 0.15) is 35.8 Å². The van der Waals surface area contributed by atoms with Gasteiger partial charge in [-0.05, 0) is 35.1 Å². The van der Waals surface area contributed by atoms with Gasteiger partial charge in [0.25, 0.3) is 0 Å². The van der Waals surface area contributed by atoms with Crippen LogP contribution in [0.5, 0.6) is 11.5 Å². The van der Waals surface area contributed by atoms with Gasteiger partial charge in [-0.15, -0.1) is 0 Å². The van der Waals surface area contributed by atoms with Gasteiger partial charge in [0, 0.05) is 10.6 Å². The van der Waals surface area contributed by atoms with Crippen LogP contribution in [-0.4, -0.2) is 69.7 Å². The van der Waals surface area contributed by atoms with Crippen molar-refractivity contribution in [2.75, 3.05) is 5.73 Å². The zero-order valence-electron chi connectivity index (χ0n) is 17.7. The zero-order valence-corrected chi connectivity index (χ0v) is 18.5. The molecule has 0 aliphatic carbocycles. The van der Waals surface area contributed by atoms with Crippen LogP contribution in [0.2, 0.25) is 5.02 Å². The number of rotatable bonds is 7. The summed E-state index contributed by atoms with van der Waals surface area (Å²) in [4.78, 5) is 8.47. The first-order valence-electron chi connectivity index (χ1n) is 9.79. The average Bonchev–Trinajstić information content (AvgIpc) is 3.13. The molecular weight excluding hydrogens is 448 g/mol. The van der Waals surface area contributed by atoms with E-state index in [9.17, 15) is 5.11 Å². The number of aliphatic hydroxyl groups is 1. The van der Waals surface area contributed by atoms with Crippen LogP contribution in [0.1, 0.15) is 5.69 Å². The number of ether oxygens (including phenoxy) is 2. The minimum absolute atomic E-state index is 0.0534. The van der Waals surface area contributed by atoms with Crippen LogP contribution in [0, 0.1) is 0 Å². The van der Waals surface area contributed by atoms with Crippen molar-refractivity contribution in [2.45, 2.75) is 17.4 Å². The third-order valence-corrected chi connectivity index (χ3v) is 4.94. The van der Waals surface area contributed by atoms with E-state index in [1.54, 1.807) is 12.1 Å². The lowest BCUT2D eigenvalue weighted by Gasteiger charge is -2.22. The molecule has 0 aliphatic heterocycles. The Bertz CT molecular complexity index is 1360. The van der Waals surface area contributed by atoms with Crippen LogP contribution in [-0.2, 0) is 11.8 Å². The van der Waals surface area contributed by atoms with Gasteiger partial charge < -0.3 is 20.3 Å². The Balaban J connectivity index is 1.73. The molecular formula is C20H13B5ClN5O3. The summed E-state index contributed by atoms with van der Waals surface area (Å²) in [5.41, 5.74) is 5.98. The van der Waals surface area contributed by atoms with E-state index in [0.717, 1.165) is 15.8 Å². The van der Waals surface area contributed by atoms with E-state index < -0.39 is 10.8 Å². The Kier molecular flexibility index (Phi) is 6.35. The number of anilines is 1. The molecule has 0 aliphatic rings. The van der Waals surface area contributed by atoms with Crippen molar-refractivity contribution in [1.82, 2.24) is 19.7 Å². The largest absolute Gasteiger partial charge is 0.486 e. The lowest BCUT2D eigenvalue weighted by Crippen LogP contribution is -2.37. The summed E-state index contributed by atoms with van der Waals surface area (Å²) in [6, 6.07) is 10.8. The van der Waals surface area contributed by atoms with Crippen LogP contribution in [0.15, 0.2) is 48.9 Å². The van der Waals surface area contributed by atoms with E-state index in [0.29, 0.717) is 21.7 Å². The Morgan fingerprint density at radius 3 is 2.50 bits per heavy atom. The Morgan fingerprint density at radius 2 is 1.82 bits per heavy atom. The summed E-state index contributed by atoms with van der Waals surface area (Å²) in [7, 11) is 27.7. The van der Waals surface area contributed by atoms with E-state index in [2.05, 4.69) is 15.1 Å². The molecule has 0 spiro atoms. The van der Waals surface area contributed by atoms with Gasteiger partial charge in [-0.1, -0.05) is 23.7 Å². The first-order chi connectivity index (χ1) is 15.9. The van der Waals surface area contributed by atoms with Crippen molar-refractivity contribution in [3.63, 3.8) is 0 Å².